The van der Waals surface area contributed by atoms with Gasteiger partial charge in [0.05, 0.1) is 22.1 Å². The fourth-order valence-electron chi connectivity index (χ4n) is 7.19. The Morgan fingerprint density at radius 3 is 1.19 bits per heavy atom. The van der Waals surface area contributed by atoms with Gasteiger partial charge in [-0.3, -0.25) is 0 Å². The standard InChI is InChI=1S/C24H15BrClN.C18H11Br2N.C6H6BClO2/c25-18-10-12-24-22(15-18)21-14-17(16-5-4-6-19(26)13-16)9-11-23(21)27(24)20-7-2-1-3-8-20;19-12-6-8-17-15(10-12)16-11-13(20)7-9-18(16)21(17)14-4-2-1-3-5-14;8-6-3-1-2-5(4-6)7(9)10/h1-15H;1-11H;1-4,9-10H. The third kappa shape index (κ3) is 8.56. The lowest BCUT2D eigenvalue weighted by molar-refractivity contribution is 0.426. The molecule has 284 valence electrons. The molecular formula is C48H32BBr3Cl2N2O2. The molecule has 0 aliphatic heterocycles. The molecular weight excluding hydrogens is 958 g/mol. The van der Waals surface area contributed by atoms with Gasteiger partial charge < -0.3 is 19.2 Å². The highest BCUT2D eigenvalue weighted by molar-refractivity contribution is 9.11. The average Bonchev–Trinajstić information content (AvgIpc) is 3.73. The Morgan fingerprint density at radius 1 is 0.379 bits per heavy atom. The van der Waals surface area contributed by atoms with Crippen LogP contribution in [-0.4, -0.2) is 26.3 Å². The summed E-state index contributed by atoms with van der Waals surface area (Å²) in [5.74, 6) is 0. The Bertz CT molecular complexity index is 3000. The maximum absolute atomic E-state index is 8.65. The summed E-state index contributed by atoms with van der Waals surface area (Å²) in [5, 5.41) is 23.5. The summed E-state index contributed by atoms with van der Waals surface area (Å²) in [6, 6.07) is 61.4. The molecule has 0 bridgehead atoms. The predicted molar refractivity (Wildman–Crippen MR) is 256 cm³/mol. The summed E-state index contributed by atoms with van der Waals surface area (Å²) in [7, 11) is -1.43. The Labute approximate surface area is 371 Å². The quantitative estimate of drug-likeness (QED) is 0.173. The highest BCUT2D eigenvalue weighted by atomic mass is 79.9. The molecule has 2 heterocycles. The largest absolute Gasteiger partial charge is 0.488 e. The molecule has 0 aliphatic carbocycles. The second-order valence-corrected chi connectivity index (χ2v) is 17.1. The molecule has 8 aromatic carbocycles. The molecule has 0 aliphatic rings. The average molecular weight is 990 g/mol. The van der Waals surface area contributed by atoms with E-state index in [1.54, 1.807) is 18.2 Å². The molecule has 0 atom stereocenters. The summed E-state index contributed by atoms with van der Waals surface area (Å²) in [4.78, 5) is 0. The van der Waals surface area contributed by atoms with Crippen molar-refractivity contribution in [3.8, 4) is 22.5 Å². The van der Waals surface area contributed by atoms with Crippen LogP contribution in [0.2, 0.25) is 10.0 Å². The number of rotatable bonds is 4. The van der Waals surface area contributed by atoms with Crippen LogP contribution in [0.15, 0.2) is 195 Å². The summed E-state index contributed by atoms with van der Waals surface area (Å²) in [5.41, 5.74) is 9.87. The van der Waals surface area contributed by atoms with Crippen molar-refractivity contribution in [2.45, 2.75) is 0 Å². The minimum Gasteiger partial charge on any atom is -0.423 e. The van der Waals surface area contributed by atoms with E-state index in [-0.39, 0.29) is 0 Å². The molecule has 0 saturated heterocycles. The van der Waals surface area contributed by atoms with Crippen molar-refractivity contribution in [3.63, 3.8) is 0 Å². The van der Waals surface area contributed by atoms with Crippen LogP contribution in [0.4, 0.5) is 0 Å². The van der Waals surface area contributed by atoms with Gasteiger partial charge in [-0.15, -0.1) is 0 Å². The Balaban J connectivity index is 0.000000134. The second-order valence-electron chi connectivity index (χ2n) is 13.5. The van der Waals surface area contributed by atoms with Crippen LogP contribution in [0.1, 0.15) is 0 Å². The van der Waals surface area contributed by atoms with Crippen LogP contribution in [-0.2, 0) is 0 Å². The van der Waals surface area contributed by atoms with E-state index in [2.05, 4.69) is 184 Å². The summed E-state index contributed by atoms with van der Waals surface area (Å²) < 4.78 is 7.90. The van der Waals surface area contributed by atoms with Gasteiger partial charge in [0.15, 0.2) is 0 Å². The van der Waals surface area contributed by atoms with Gasteiger partial charge in [-0.05, 0) is 132 Å². The van der Waals surface area contributed by atoms with Gasteiger partial charge >= 0.3 is 7.12 Å². The molecule has 0 fully saturated rings. The van der Waals surface area contributed by atoms with E-state index in [1.807, 2.05) is 30.3 Å². The fourth-order valence-corrected chi connectivity index (χ4v) is 8.66. The van der Waals surface area contributed by atoms with E-state index in [1.165, 1.54) is 55.4 Å². The number of nitrogens with zero attached hydrogens (tertiary/aromatic N) is 2. The Morgan fingerprint density at radius 2 is 0.776 bits per heavy atom. The normalized spacial score (nSPS) is 11.0. The van der Waals surface area contributed by atoms with Gasteiger partial charge in [0.1, 0.15) is 0 Å². The van der Waals surface area contributed by atoms with E-state index in [0.717, 1.165) is 35.3 Å². The minimum atomic E-state index is -1.43. The van der Waals surface area contributed by atoms with Gasteiger partial charge in [0.2, 0.25) is 0 Å². The van der Waals surface area contributed by atoms with Gasteiger partial charge in [-0.25, -0.2) is 0 Å². The molecule has 2 N–H and O–H groups in total. The van der Waals surface area contributed by atoms with E-state index in [4.69, 9.17) is 33.2 Å². The van der Waals surface area contributed by atoms with Crippen molar-refractivity contribution in [2.24, 2.45) is 0 Å². The topological polar surface area (TPSA) is 50.3 Å². The Kier molecular flexibility index (Phi) is 12.3. The molecule has 2 aromatic heterocycles. The maximum atomic E-state index is 8.65. The van der Waals surface area contributed by atoms with Gasteiger partial charge in [-0.1, -0.05) is 138 Å². The van der Waals surface area contributed by atoms with Crippen molar-refractivity contribution in [1.82, 2.24) is 9.13 Å². The zero-order valence-electron chi connectivity index (χ0n) is 30.6. The first-order valence-corrected chi connectivity index (χ1v) is 21.4. The van der Waals surface area contributed by atoms with Crippen LogP contribution in [0.25, 0.3) is 66.1 Å². The van der Waals surface area contributed by atoms with Crippen molar-refractivity contribution >= 4 is 127 Å². The van der Waals surface area contributed by atoms with Crippen LogP contribution in [0.3, 0.4) is 0 Å². The minimum absolute atomic E-state index is 0.410. The molecule has 0 unspecified atom stereocenters. The molecule has 0 spiro atoms. The van der Waals surface area contributed by atoms with E-state index >= 15 is 0 Å². The van der Waals surface area contributed by atoms with Crippen molar-refractivity contribution < 1.29 is 10.0 Å². The highest BCUT2D eigenvalue weighted by Crippen LogP contribution is 2.37. The summed E-state index contributed by atoms with van der Waals surface area (Å²) >= 11 is 22.6. The lowest BCUT2D eigenvalue weighted by atomic mass is 9.81. The Hall–Kier alpha value is -4.64. The molecule has 10 aromatic rings. The molecule has 4 nitrogen and oxygen atoms in total. The monoisotopic (exact) mass is 986 g/mol. The first kappa shape index (κ1) is 40.2. The van der Waals surface area contributed by atoms with Crippen LogP contribution in [0.5, 0.6) is 0 Å². The van der Waals surface area contributed by atoms with E-state index in [0.29, 0.717) is 10.5 Å². The second kappa shape index (κ2) is 17.7. The van der Waals surface area contributed by atoms with Gasteiger partial charge in [0.25, 0.3) is 0 Å². The number of benzene rings is 8. The SMILES string of the molecule is Brc1ccc2c(c1)c1cc(Br)ccc1n2-c1ccccc1.Clc1cccc(-c2ccc3c(c2)c2cc(Br)ccc2n3-c2ccccc2)c1.OB(O)c1cccc(Cl)c1. The molecule has 0 radical (unpaired) electrons. The molecule has 0 amide bonds. The predicted octanol–water partition coefficient (Wildman–Crippen LogP) is 14.2. The highest BCUT2D eigenvalue weighted by Gasteiger charge is 2.15. The number of hydrogen-bond acceptors (Lipinski definition) is 2. The van der Waals surface area contributed by atoms with Crippen LogP contribution >= 0.6 is 71.0 Å². The molecule has 0 saturated carbocycles. The maximum Gasteiger partial charge on any atom is 0.488 e. The van der Waals surface area contributed by atoms with Crippen LogP contribution < -0.4 is 5.46 Å². The molecule has 10 heteroatoms. The van der Waals surface area contributed by atoms with Crippen molar-refractivity contribution in [3.05, 3.63) is 205 Å². The third-order valence-corrected chi connectivity index (χ3v) is 11.7. The molecule has 10 rings (SSSR count). The van der Waals surface area contributed by atoms with Gasteiger partial charge in [0, 0.05) is 56.4 Å². The zero-order valence-corrected chi connectivity index (χ0v) is 36.8. The van der Waals surface area contributed by atoms with E-state index in [9.17, 15) is 0 Å². The summed E-state index contributed by atoms with van der Waals surface area (Å²) in [6.45, 7) is 0. The number of hydrogen-bond donors (Lipinski definition) is 2. The molecule has 58 heavy (non-hydrogen) atoms. The fraction of sp³-hybridized carbons (Fsp3) is 0. The zero-order chi connectivity index (χ0) is 40.3. The number of para-hydroxylation sites is 2. The van der Waals surface area contributed by atoms with Crippen molar-refractivity contribution in [1.29, 1.82) is 0 Å². The third-order valence-electron chi connectivity index (χ3n) is 9.75. The number of aromatic nitrogens is 2. The number of halogens is 5. The first-order valence-electron chi connectivity index (χ1n) is 18.3. The van der Waals surface area contributed by atoms with Crippen molar-refractivity contribution in [2.75, 3.05) is 0 Å². The lowest BCUT2D eigenvalue weighted by Gasteiger charge is -2.08. The van der Waals surface area contributed by atoms with Gasteiger partial charge in [-0.2, -0.15) is 0 Å². The number of fused-ring (bicyclic) bond motifs is 6. The first-order chi connectivity index (χ1) is 28.1. The summed E-state index contributed by atoms with van der Waals surface area (Å²) in [6.07, 6.45) is 0. The van der Waals surface area contributed by atoms with E-state index < -0.39 is 7.12 Å². The lowest BCUT2D eigenvalue weighted by Crippen LogP contribution is -2.29. The smallest absolute Gasteiger partial charge is 0.423 e. The van der Waals surface area contributed by atoms with Crippen LogP contribution in [0, 0.1) is 0 Å².